The molecule has 0 radical (unpaired) electrons. The Morgan fingerprint density at radius 3 is 2.69 bits per heavy atom. The van der Waals surface area contributed by atoms with Gasteiger partial charge >= 0.3 is 0 Å². The summed E-state index contributed by atoms with van der Waals surface area (Å²) in [5, 5.41) is 4.80. The number of pyridine rings is 1. The van der Waals surface area contributed by atoms with Crippen LogP contribution in [0.25, 0.3) is 33.1 Å². The van der Waals surface area contributed by atoms with Crippen molar-refractivity contribution in [1.29, 1.82) is 0 Å². The van der Waals surface area contributed by atoms with Crippen LogP contribution in [0.1, 0.15) is 16.2 Å². The summed E-state index contributed by atoms with van der Waals surface area (Å²) >= 11 is 0. The molecule has 0 aliphatic carbocycles. The summed E-state index contributed by atoms with van der Waals surface area (Å²) in [7, 11) is 3.20. The molecule has 3 aromatic heterocycles. The maximum absolute atomic E-state index is 13.0. The number of fused-ring (bicyclic) bond motifs is 3. The predicted molar refractivity (Wildman–Crippen MR) is 122 cm³/mol. The summed E-state index contributed by atoms with van der Waals surface area (Å²) in [6.45, 7) is 0.278. The number of carbonyl (C=O) groups is 1. The van der Waals surface area contributed by atoms with Gasteiger partial charge in [-0.05, 0) is 36.4 Å². The molecule has 5 rings (SSSR count). The third-order valence-corrected chi connectivity index (χ3v) is 5.40. The van der Waals surface area contributed by atoms with Crippen LogP contribution < -0.4 is 14.8 Å². The van der Waals surface area contributed by atoms with Crippen LogP contribution in [0.2, 0.25) is 0 Å². The van der Waals surface area contributed by atoms with Crippen LogP contribution in [0, 0.1) is 0 Å². The highest BCUT2D eigenvalue weighted by Gasteiger charge is 2.19. The Hall–Kier alpha value is -4.26. The number of aromatic nitrogens is 2. The molecule has 3 heterocycles. The molecule has 0 bridgehead atoms. The van der Waals surface area contributed by atoms with Gasteiger partial charge in [0.1, 0.15) is 23.0 Å². The molecule has 32 heavy (non-hydrogen) atoms. The fourth-order valence-electron chi connectivity index (χ4n) is 3.82. The molecule has 2 aromatic carbocycles. The minimum atomic E-state index is -0.290. The molecular weight excluding hydrogens is 406 g/mol. The van der Waals surface area contributed by atoms with Crippen LogP contribution in [0.5, 0.6) is 11.5 Å². The number of hydrogen-bond donors (Lipinski definition) is 2. The second-order valence-electron chi connectivity index (χ2n) is 7.28. The van der Waals surface area contributed by atoms with Gasteiger partial charge in [-0.1, -0.05) is 18.2 Å². The number of rotatable bonds is 6. The fraction of sp³-hybridized carbons (Fsp3) is 0.120. The zero-order valence-electron chi connectivity index (χ0n) is 17.6. The van der Waals surface area contributed by atoms with E-state index in [4.69, 9.17) is 18.9 Å². The number of nitrogens with zero attached hydrogens (tertiary/aromatic N) is 1. The number of nitrogens with one attached hydrogen (secondary N) is 2. The minimum Gasteiger partial charge on any atom is -0.497 e. The largest absolute Gasteiger partial charge is 0.497 e. The number of furan rings is 1. The van der Waals surface area contributed by atoms with Crippen molar-refractivity contribution in [2.75, 3.05) is 14.2 Å². The van der Waals surface area contributed by atoms with Crippen molar-refractivity contribution in [3.8, 4) is 22.8 Å². The number of hydrogen-bond acceptors (Lipinski definition) is 5. The van der Waals surface area contributed by atoms with Crippen LogP contribution in [0.4, 0.5) is 0 Å². The van der Waals surface area contributed by atoms with Crippen LogP contribution >= 0.6 is 0 Å². The monoisotopic (exact) mass is 427 g/mol. The van der Waals surface area contributed by atoms with Crippen LogP contribution in [-0.2, 0) is 6.54 Å². The number of aromatic amines is 1. The summed E-state index contributed by atoms with van der Waals surface area (Å²) in [4.78, 5) is 21.2. The molecule has 2 N–H and O–H groups in total. The van der Waals surface area contributed by atoms with Gasteiger partial charge in [0.15, 0.2) is 0 Å². The lowest BCUT2D eigenvalue weighted by Gasteiger charge is -2.12. The maximum Gasteiger partial charge on any atom is 0.270 e. The van der Waals surface area contributed by atoms with Gasteiger partial charge in [0.05, 0.1) is 38.2 Å². The molecule has 0 unspecified atom stereocenters. The van der Waals surface area contributed by atoms with E-state index in [1.165, 1.54) is 0 Å². The first-order valence-electron chi connectivity index (χ1n) is 10.1. The maximum atomic E-state index is 13.0. The SMILES string of the molecule is COc1ccc(-c2nc(C(=O)NCc3ccco3)cc3c2[nH]c2ccccc23)c(OC)c1. The lowest BCUT2D eigenvalue weighted by atomic mass is 10.0. The second-order valence-corrected chi connectivity index (χ2v) is 7.28. The van der Waals surface area contributed by atoms with E-state index in [1.54, 1.807) is 32.6 Å². The summed E-state index contributed by atoms with van der Waals surface area (Å²) in [6, 6.07) is 18.9. The highest BCUT2D eigenvalue weighted by Crippen LogP contribution is 2.38. The lowest BCUT2D eigenvalue weighted by molar-refractivity contribution is 0.0943. The number of para-hydroxylation sites is 1. The molecule has 7 heteroatoms. The van der Waals surface area contributed by atoms with Gasteiger partial charge in [0.2, 0.25) is 0 Å². The zero-order chi connectivity index (χ0) is 22.1. The van der Waals surface area contributed by atoms with Crippen molar-refractivity contribution in [3.63, 3.8) is 0 Å². The summed E-state index contributed by atoms with van der Waals surface area (Å²) in [5.41, 5.74) is 3.48. The first-order chi connectivity index (χ1) is 15.7. The smallest absolute Gasteiger partial charge is 0.270 e. The Bertz CT molecular complexity index is 1420. The molecule has 0 fully saturated rings. The molecule has 160 valence electrons. The Kier molecular flexibility index (Phi) is 4.99. The quantitative estimate of drug-likeness (QED) is 0.401. The van der Waals surface area contributed by atoms with Gasteiger partial charge in [-0.15, -0.1) is 0 Å². The number of methoxy groups -OCH3 is 2. The summed E-state index contributed by atoms with van der Waals surface area (Å²) in [5.74, 6) is 1.65. The lowest BCUT2D eigenvalue weighted by Crippen LogP contribution is -2.23. The van der Waals surface area contributed by atoms with E-state index in [0.717, 1.165) is 27.4 Å². The number of benzene rings is 2. The zero-order valence-corrected chi connectivity index (χ0v) is 17.6. The summed E-state index contributed by atoms with van der Waals surface area (Å²) in [6.07, 6.45) is 1.58. The third-order valence-electron chi connectivity index (χ3n) is 5.40. The van der Waals surface area contributed by atoms with E-state index < -0.39 is 0 Å². The van der Waals surface area contributed by atoms with Gasteiger partial charge in [-0.3, -0.25) is 4.79 Å². The Morgan fingerprint density at radius 1 is 1.03 bits per heavy atom. The van der Waals surface area contributed by atoms with Gasteiger partial charge in [0.25, 0.3) is 5.91 Å². The molecule has 1 amide bonds. The molecular formula is C25H21N3O4. The van der Waals surface area contributed by atoms with Gasteiger partial charge in [0, 0.05) is 27.9 Å². The first kappa shape index (κ1) is 19.7. The van der Waals surface area contributed by atoms with Crippen molar-refractivity contribution in [2.45, 2.75) is 6.54 Å². The number of H-pyrrole nitrogens is 1. The van der Waals surface area contributed by atoms with Gasteiger partial charge in [-0.25, -0.2) is 4.98 Å². The molecule has 0 aliphatic rings. The van der Waals surface area contributed by atoms with E-state index in [-0.39, 0.29) is 12.5 Å². The van der Waals surface area contributed by atoms with E-state index in [0.29, 0.717) is 28.6 Å². The highest BCUT2D eigenvalue weighted by molar-refractivity contribution is 6.13. The van der Waals surface area contributed by atoms with Crippen LogP contribution in [0.3, 0.4) is 0 Å². The summed E-state index contributed by atoms with van der Waals surface area (Å²) < 4.78 is 16.3. The van der Waals surface area contributed by atoms with Crippen molar-refractivity contribution < 1.29 is 18.7 Å². The Labute approximate surface area is 184 Å². The van der Waals surface area contributed by atoms with E-state index >= 15 is 0 Å². The standard InChI is InChI=1S/C25H21N3O4/c1-30-15-9-10-18(22(12-15)31-2)23-24-19(17-7-3-4-8-20(17)27-24)13-21(28-23)25(29)26-14-16-6-5-11-32-16/h3-13,27H,14H2,1-2H3,(H,26,29). The Morgan fingerprint density at radius 2 is 1.91 bits per heavy atom. The van der Waals surface area contributed by atoms with Gasteiger partial charge in [-0.2, -0.15) is 0 Å². The van der Waals surface area contributed by atoms with Crippen LogP contribution in [0.15, 0.2) is 71.3 Å². The average molecular weight is 427 g/mol. The van der Waals surface area contributed by atoms with Gasteiger partial charge < -0.3 is 24.2 Å². The van der Waals surface area contributed by atoms with Crippen molar-refractivity contribution in [1.82, 2.24) is 15.3 Å². The Balaban J connectivity index is 1.68. The van der Waals surface area contributed by atoms with Crippen molar-refractivity contribution >= 4 is 27.7 Å². The van der Waals surface area contributed by atoms with Crippen LogP contribution in [-0.4, -0.2) is 30.1 Å². The minimum absolute atomic E-state index is 0.278. The molecule has 7 nitrogen and oxygen atoms in total. The van der Waals surface area contributed by atoms with Crippen molar-refractivity contribution in [2.24, 2.45) is 0 Å². The van der Waals surface area contributed by atoms with Crippen molar-refractivity contribution in [3.05, 3.63) is 78.4 Å². The molecule has 0 saturated carbocycles. The molecule has 0 atom stereocenters. The molecule has 0 aliphatic heterocycles. The van der Waals surface area contributed by atoms with E-state index in [1.807, 2.05) is 48.5 Å². The molecule has 0 saturated heterocycles. The number of carbonyl (C=O) groups excluding carboxylic acids is 1. The molecule has 0 spiro atoms. The highest BCUT2D eigenvalue weighted by atomic mass is 16.5. The normalized spacial score (nSPS) is 11.1. The third kappa shape index (κ3) is 3.43. The van der Waals surface area contributed by atoms with E-state index in [2.05, 4.69) is 10.3 Å². The average Bonchev–Trinajstić information content (AvgIpc) is 3.49. The first-order valence-corrected chi connectivity index (χ1v) is 10.1. The fourth-order valence-corrected chi connectivity index (χ4v) is 3.82. The topological polar surface area (TPSA) is 89.4 Å². The predicted octanol–water partition coefficient (Wildman–Crippen LogP) is 4.92. The second kappa shape index (κ2) is 8.11. The van der Waals surface area contributed by atoms with E-state index in [9.17, 15) is 4.79 Å². The number of amides is 1. The molecule has 5 aromatic rings. The number of ether oxygens (including phenoxy) is 2.